The third-order valence-corrected chi connectivity index (χ3v) is 1.42. The number of carbonyl (C=O) groups is 2. The van der Waals surface area contributed by atoms with E-state index in [9.17, 15) is 9.59 Å². The van der Waals surface area contributed by atoms with Gasteiger partial charge in [0, 0.05) is 0 Å². The van der Waals surface area contributed by atoms with E-state index >= 15 is 0 Å². The molecule has 0 radical (unpaired) electrons. The van der Waals surface area contributed by atoms with Gasteiger partial charge in [0.25, 0.3) is 0 Å². The second-order valence-electron chi connectivity index (χ2n) is 2.70. The van der Waals surface area contributed by atoms with E-state index < -0.39 is 36.4 Å². The standard InChI is InChI=1S/C7H11N3O5/c1-3(11)5(10-9)7(14)15-2-4(8)6(12)13/h3-4,11H,2,8H2,1H3,(H,12,13). The number of aliphatic carboxylic acids is 1. The van der Waals surface area contributed by atoms with Crippen molar-refractivity contribution in [1.29, 1.82) is 0 Å². The van der Waals surface area contributed by atoms with E-state index in [2.05, 4.69) is 9.53 Å². The van der Waals surface area contributed by atoms with Crippen LogP contribution < -0.4 is 5.73 Å². The summed E-state index contributed by atoms with van der Waals surface area (Å²) < 4.78 is 4.38. The smallest absolute Gasteiger partial charge is 0.419 e. The lowest BCUT2D eigenvalue weighted by molar-refractivity contribution is -0.146. The van der Waals surface area contributed by atoms with Gasteiger partial charge in [0.15, 0.2) is 6.10 Å². The third-order valence-electron chi connectivity index (χ3n) is 1.42. The Morgan fingerprint density at radius 2 is 2.13 bits per heavy atom. The van der Waals surface area contributed by atoms with E-state index in [0.29, 0.717) is 0 Å². The predicted octanol–water partition coefficient (Wildman–Crippen LogP) is -2.01. The van der Waals surface area contributed by atoms with E-state index in [0.717, 1.165) is 0 Å². The van der Waals surface area contributed by atoms with E-state index in [1.54, 1.807) is 0 Å². The molecule has 0 spiro atoms. The molecule has 0 saturated carbocycles. The first-order valence-electron chi connectivity index (χ1n) is 3.95. The average molecular weight is 217 g/mol. The molecular weight excluding hydrogens is 206 g/mol. The van der Waals surface area contributed by atoms with Gasteiger partial charge >= 0.3 is 17.7 Å². The molecule has 2 atom stereocenters. The third kappa shape index (κ3) is 4.32. The van der Waals surface area contributed by atoms with Crippen molar-refractivity contribution in [3.05, 3.63) is 5.53 Å². The Morgan fingerprint density at radius 3 is 2.47 bits per heavy atom. The highest BCUT2D eigenvalue weighted by Gasteiger charge is 2.28. The van der Waals surface area contributed by atoms with Crippen molar-refractivity contribution in [3.8, 4) is 0 Å². The molecule has 0 aliphatic rings. The molecule has 0 aromatic heterocycles. The van der Waals surface area contributed by atoms with Crippen LogP contribution in [0, 0.1) is 0 Å². The molecule has 8 nitrogen and oxygen atoms in total. The van der Waals surface area contributed by atoms with Crippen LogP contribution in [0.15, 0.2) is 0 Å². The molecule has 0 aliphatic carbocycles. The van der Waals surface area contributed by atoms with Crippen molar-refractivity contribution in [3.63, 3.8) is 0 Å². The fraction of sp³-hybridized carbons (Fsp3) is 0.571. The van der Waals surface area contributed by atoms with Gasteiger partial charge in [-0.2, -0.15) is 4.79 Å². The summed E-state index contributed by atoms with van der Waals surface area (Å²) >= 11 is 0. The van der Waals surface area contributed by atoms with Crippen LogP contribution >= 0.6 is 0 Å². The van der Waals surface area contributed by atoms with Crippen LogP contribution in [-0.4, -0.2) is 51.4 Å². The Kier molecular flexibility index (Phi) is 5.18. The van der Waals surface area contributed by atoms with Gasteiger partial charge < -0.3 is 26.2 Å². The highest BCUT2D eigenvalue weighted by molar-refractivity contribution is 6.35. The monoisotopic (exact) mass is 217 g/mol. The first-order chi connectivity index (χ1) is 6.90. The Morgan fingerprint density at radius 1 is 1.60 bits per heavy atom. The molecule has 4 N–H and O–H groups in total. The predicted molar refractivity (Wildman–Crippen MR) is 46.9 cm³/mol. The van der Waals surface area contributed by atoms with Gasteiger partial charge in [-0.15, -0.1) is 0 Å². The highest BCUT2D eigenvalue weighted by atomic mass is 16.5. The fourth-order valence-electron chi connectivity index (χ4n) is 0.606. The summed E-state index contributed by atoms with van der Waals surface area (Å²) in [4.78, 5) is 23.8. The van der Waals surface area contributed by atoms with Gasteiger partial charge in [-0.25, -0.2) is 4.79 Å². The minimum absolute atomic E-state index is 0.570. The van der Waals surface area contributed by atoms with E-state index in [1.807, 2.05) is 0 Å². The molecule has 0 rings (SSSR count). The molecule has 0 aromatic rings. The normalized spacial score (nSPS) is 13.5. The number of aliphatic hydroxyl groups is 1. The van der Waals surface area contributed by atoms with Crippen molar-refractivity contribution in [2.24, 2.45) is 5.73 Å². The number of hydrogen-bond acceptors (Lipinski definition) is 5. The Hall–Kier alpha value is -1.76. The van der Waals surface area contributed by atoms with Crippen molar-refractivity contribution in [2.45, 2.75) is 19.1 Å². The largest absolute Gasteiger partial charge is 0.480 e. The van der Waals surface area contributed by atoms with Gasteiger partial charge in [0.1, 0.15) is 12.6 Å². The maximum Gasteiger partial charge on any atom is 0.419 e. The number of hydrogen-bond donors (Lipinski definition) is 3. The van der Waals surface area contributed by atoms with Gasteiger partial charge in [-0.1, -0.05) is 0 Å². The molecule has 0 saturated heterocycles. The number of nitrogens with zero attached hydrogens (tertiary/aromatic N) is 2. The minimum Gasteiger partial charge on any atom is -0.480 e. The molecular formula is C7H11N3O5. The molecule has 0 aliphatic heterocycles. The molecule has 0 bridgehead atoms. The quantitative estimate of drug-likeness (QED) is 0.210. The summed E-state index contributed by atoms with van der Waals surface area (Å²) in [6.45, 7) is 0.618. The van der Waals surface area contributed by atoms with Crippen LogP contribution in [-0.2, 0) is 14.3 Å². The van der Waals surface area contributed by atoms with Crippen molar-refractivity contribution in [1.82, 2.24) is 0 Å². The summed E-state index contributed by atoms with van der Waals surface area (Å²) in [5, 5.41) is 17.3. The molecule has 84 valence electrons. The second kappa shape index (κ2) is 5.86. The Bertz CT molecular complexity index is 308. The number of aliphatic hydroxyl groups excluding tert-OH is 1. The maximum atomic E-state index is 11.0. The molecule has 8 heteroatoms. The average Bonchev–Trinajstić information content (AvgIpc) is 2.14. The zero-order chi connectivity index (χ0) is 12.0. The van der Waals surface area contributed by atoms with Crippen molar-refractivity contribution < 1.29 is 29.3 Å². The summed E-state index contributed by atoms with van der Waals surface area (Å²) in [6.07, 6.45) is -1.32. The Labute approximate surface area is 84.9 Å². The number of rotatable bonds is 5. The van der Waals surface area contributed by atoms with Crippen LogP contribution in [0.1, 0.15) is 6.92 Å². The summed E-state index contributed by atoms with van der Waals surface area (Å²) in [5.41, 5.74) is 12.7. The van der Waals surface area contributed by atoms with Crippen LogP contribution in [0.2, 0.25) is 0 Å². The zero-order valence-electron chi connectivity index (χ0n) is 7.95. The van der Waals surface area contributed by atoms with Crippen molar-refractivity contribution in [2.75, 3.05) is 6.61 Å². The van der Waals surface area contributed by atoms with Crippen molar-refractivity contribution >= 4 is 17.7 Å². The number of esters is 1. The van der Waals surface area contributed by atoms with Crippen LogP contribution in [0.4, 0.5) is 0 Å². The first-order valence-corrected chi connectivity index (χ1v) is 3.95. The topological polar surface area (TPSA) is 146 Å². The lowest BCUT2D eigenvalue weighted by Gasteiger charge is -2.06. The zero-order valence-corrected chi connectivity index (χ0v) is 7.95. The van der Waals surface area contributed by atoms with E-state index in [4.69, 9.17) is 21.5 Å². The molecule has 15 heavy (non-hydrogen) atoms. The molecule has 0 aromatic carbocycles. The van der Waals surface area contributed by atoms with E-state index in [1.165, 1.54) is 6.92 Å². The SMILES string of the molecule is CC(O)C(=[N+]=[N-])C(=O)OCC(N)C(=O)O. The number of nitrogens with two attached hydrogens (primary N) is 1. The molecule has 2 unspecified atom stereocenters. The van der Waals surface area contributed by atoms with Crippen LogP contribution in [0.3, 0.4) is 0 Å². The lowest BCUT2D eigenvalue weighted by Crippen LogP contribution is -2.38. The lowest BCUT2D eigenvalue weighted by atomic mass is 10.2. The van der Waals surface area contributed by atoms with Gasteiger partial charge in [-0.05, 0) is 6.92 Å². The second-order valence-corrected chi connectivity index (χ2v) is 2.70. The first kappa shape index (κ1) is 13.2. The van der Waals surface area contributed by atoms with Gasteiger partial charge in [-0.3, -0.25) is 4.79 Å². The molecule has 0 fully saturated rings. The number of carboxylic acid groups (broad SMARTS) is 1. The summed E-state index contributed by atoms with van der Waals surface area (Å²) in [7, 11) is 0. The van der Waals surface area contributed by atoms with Gasteiger partial charge in [0.05, 0.1) is 0 Å². The van der Waals surface area contributed by atoms with E-state index in [-0.39, 0.29) is 0 Å². The van der Waals surface area contributed by atoms with Crippen LogP contribution in [0.5, 0.6) is 0 Å². The number of carboxylic acids is 1. The van der Waals surface area contributed by atoms with Gasteiger partial charge in [0.2, 0.25) is 0 Å². The number of ether oxygens (including phenoxy) is 1. The minimum atomic E-state index is -1.36. The maximum absolute atomic E-state index is 11.0. The summed E-state index contributed by atoms with van der Waals surface area (Å²) in [5.74, 6) is -2.45. The molecule has 0 amide bonds. The highest BCUT2D eigenvalue weighted by Crippen LogP contribution is 1.90. The summed E-state index contributed by atoms with van der Waals surface area (Å²) in [6, 6.07) is -1.36. The fourth-order valence-corrected chi connectivity index (χ4v) is 0.606. The molecule has 0 heterocycles. The van der Waals surface area contributed by atoms with Crippen LogP contribution in [0.25, 0.3) is 5.53 Å². The number of carbonyl (C=O) groups excluding carboxylic acids is 1. The Balaban J connectivity index is 4.27.